The number of carbonyl (C=O) groups excluding carboxylic acids is 1. The van der Waals surface area contributed by atoms with E-state index in [1.54, 1.807) is 13.2 Å². The number of hydrogen-bond donors (Lipinski definition) is 1. The van der Waals surface area contributed by atoms with Gasteiger partial charge in [-0.25, -0.2) is 0 Å². The number of rotatable bonds is 6. The van der Waals surface area contributed by atoms with Gasteiger partial charge >= 0.3 is 0 Å². The zero-order chi connectivity index (χ0) is 14.5. The standard InChI is InChI=1S/C13H17N3O3S/c1-8-4-5-10(20-8)12(17)14-9(2)13-15-11(16-19-13)6-7-18-3/h4-5,9H,6-7H2,1-3H3,(H,14,17)/t9-/m0/s1. The summed E-state index contributed by atoms with van der Waals surface area (Å²) >= 11 is 1.45. The molecule has 0 spiro atoms. The number of hydrogen-bond acceptors (Lipinski definition) is 6. The van der Waals surface area contributed by atoms with E-state index in [0.29, 0.717) is 29.6 Å². The summed E-state index contributed by atoms with van der Waals surface area (Å²) in [4.78, 5) is 18.0. The molecule has 0 radical (unpaired) electrons. The molecule has 0 saturated carbocycles. The first-order valence-electron chi connectivity index (χ1n) is 6.29. The topological polar surface area (TPSA) is 77.3 Å². The summed E-state index contributed by atoms with van der Waals surface area (Å²) in [5.41, 5.74) is 0. The van der Waals surface area contributed by atoms with E-state index in [1.807, 2.05) is 19.9 Å². The number of methoxy groups -OCH3 is 1. The van der Waals surface area contributed by atoms with Crippen LogP contribution in [0.2, 0.25) is 0 Å². The van der Waals surface area contributed by atoms with E-state index in [2.05, 4.69) is 15.5 Å². The number of ether oxygens (including phenoxy) is 1. The van der Waals surface area contributed by atoms with Crippen molar-refractivity contribution in [1.29, 1.82) is 0 Å². The van der Waals surface area contributed by atoms with E-state index in [1.165, 1.54) is 11.3 Å². The van der Waals surface area contributed by atoms with Crippen LogP contribution in [0.4, 0.5) is 0 Å². The lowest BCUT2D eigenvalue weighted by Gasteiger charge is -2.08. The van der Waals surface area contributed by atoms with Gasteiger partial charge in [0.05, 0.1) is 11.5 Å². The van der Waals surface area contributed by atoms with Crippen LogP contribution in [0, 0.1) is 6.92 Å². The second-order valence-corrected chi connectivity index (χ2v) is 5.68. The Kier molecular flexibility index (Phi) is 4.86. The predicted octanol–water partition coefficient (Wildman–Crippen LogP) is 2.12. The molecule has 20 heavy (non-hydrogen) atoms. The van der Waals surface area contributed by atoms with Gasteiger partial charge in [-0.1, -0.05) is 5.16 Å². The minimum atomic E-state index is -0.325. The fourth-order valence-electron chi connectivity index (χ4n) is 1.62. The van der Waals surface area contributed by atoms with Crippen LogP contribution in [0.1, 0.15) is 39.2 Å². The van der Waals surface area contributed by atoms with Gasteiger partial charge in [0, 0.05) is 18.4 Å². The molecular formula is C13H17N3O3S. The fraction of sp³-hybridized carbons (Fsp3) is 0.462. The molecule has 2 heterocycles. The first kappa shape index (κ1) is 14.7. The number of amides is 1. The summed E-state index contributed by atoms with van der Waals surface area (Å²) in [6.07, 6.45) is 0.588. The van der Waals surface area contributed by atoms with Crippen molar-refractivity contribution in [3.05, 3.63) is 33.6 Å². The lowest BCUT2D eigenvalue weighted by molar-refractivity contribution is 0.0936. The van der Waals surface area contributed by atoms with Gasteiger partial charge in [0.2, 0.25) is 5.89 Å². The smallest absolute Gasteiger partial charge is 0.261 e. The number of thiophene rings is 1. The molecule has 0 unspecified atom stereocenters. The zero-order valence-corrected chi connectivity index (χ0v) is 12.5. The third kappa shape index (κ3) is 3.64. The molecule has 0 aliphatic rings. The van der Waals surface area contributed by atoms with E-state index in [9.17, 15) is 4.79 Å². The predicted molar refractivity (Wildman–Crippen MR) is 74.8 cm³/mol. The van der Waals surface area contributed by atoms with Crippen molar-refractivity contribution < 1.29 is 14.1 Å². The van der Waals surface area contributed by atoms with Gasteiger partial charge in [-0.15, -0.1) is 11.3 Å². The monoisotopic (exact) mass is 295 g/mol. The minimum Gasteiger partial charge on any atom is -0.384 e. The normalized spacial score (nSPS) is 12.3. The van der Waals surface area contributed by atoms with Gasteiger partial charge in [0.15, 0.2) is 5.82 Å². The van der Waals surface area contributed by atoms with Gasteiger partial charge in [-0.2, -0.15) is 4.98 Å². The van der Waals surface area contributed by atoms with Crippen LogP contribution < -0.4 is 5.32 Å². The molecule has 1 amide bonds. The number of aryl methyl sites for hydroxylation is 1. The van der Waals surface area contributed by atoms with Crippen LogP contribution in [-0.4, -0.2) is 29.8 Å². The molecular weight excluding hydrogens is 278 g/mol. The first-order chi connectivity index (χ1) is 9.60. The number of carbonyl (C=O) groups is 1. The van der Waals surface area contributed by atoms with Crippen molar-refractivity contribution in [3.8, 4) is 0 Å². The van der Waals surface area contributed by atoms with Gasteiger partial charge in [0.1, 0.15) is 6.04 Å². The molecule has 2 aromatic heterocycles. The minimum absolute atomic E-state index is 0.132. The molecule has 0 fully saturated rings. The van der Waals surface area contributed by atoms with E-state index in [0.717, 1.165) is 4.88 Å². The Bertz CT molecular complexity index is 579. The molecule has 0 aliphatic heterocycles. The van der Waals surface area contributed by atoms with Crippen molar-refractivity contribution in [2.24, 2.45) is 0 Å². The molecule has 0 aliphatic carbocycles. The fourth-order valence-corrected chi connectivity index (χ4v) is 2.39. The molecule has 6 nitrogen and oxygen atoms in total. The van der Waals surface area contributed by atoms with Crippen molar-refractivity contribution in [2.45, 2.75) is 26.3 Å². The van der Waals surface area contributed by atoms with E-state index in [4.69, 9.17) is 9.26 Å². The van der Waals surface area contributed by atoms with Gasteiger partial charge in [-0.05, 0) is 26.0 Å². The molecule has 108 valence electrons. The summed E-state index contributed by atoms with van der Waals surface area (Å²) in [5.74, 6) is 0.847. The second kappa shape index (κ2) is 6.62. The molecule has 2 aromatic rings. The van der Waals surface area contributed by atoms with Crippen molar-refractivity contribution in [1.82, 2.24) is 15.5 Å². The molecule has 2 rings (SSSR count). The summed E-state index contributed by atoms with van der Waals surface area (Å²) in [5, 5.41) is 6.68. The maximum absolute atomic E-state index is 12.0. The quantitative estimate of drug-likeness (QED) is 0.883. The number of aromatic nitrogens is 2. The lowest BCUT2D eigenvalue weighted by Crippen LogP contribution is -2.26. The molecule has 0 aromatic carbocycles. The Morgan fingerprint density at radius 2 is 2.35 bits per heavy atom. The van der Waals surface area contributed by atoms with Crippen molar-refractivity contribution >= 4 is 17.2 Å². The van der Waals surface area contributed by atoms with Crippen molar-refractivity contribution in [3.63, 3.8) is 0 Å². The summed E-state index contributed by atoms with van der Waals surface area (Å²) < 4.78 is 10.1. The van der Waals surface area contributed by atoms with E-state index in [-0.39, 0.29) is 11.9 Å². The highest BCUT2D eigenvalue weighted by Crippen LogP contribution is 2.17. The summed E-state index contributed by atoms with van der Waals surface area (Å²) in [6.45, 7) is 4.31. The van der Waals surface area contributed by atoms with Crippen LogP contribution >= 0.6 is 11.3 Å². The van der Waals surface area contributed by atoms with Crippen LogP contribution in [0.5, 0.6) is 0 Å². The van der Waals surface area contributed by atoms with E-state index < -0.39 is 0 Å². The maximum Gasteiger partial charge on any atom is 0.261 e. The Balaban J connectivity index is 1.95. The third-order valence-electron chi connectivity index (χ3n) is 2.70. The molecule has 7 heteroatoms. The molecule has 0 bridgehead atoms. The highest BCUT2D eigenvalue weighted by Gasteiger charge is 2.18. The lowest BCUT2D eigenvalue weighted by atomic mass is 10.3. The molecule has 0 saturated heterocycles. The first-order valence-corrected chi connectivity index (χ1v) is 7.10. The molecule has 1 N–H and O–H groups in total. The van der Waals surface area contributed by atoms with E-state index >= 15 is 0 Å². The third-order valence-corrected chi connectivity index (χ3v) is 3.70. The average Bonchev–Trinajstić information content (AvgIpc) is 3.05. The highest BCUT2D eigenvalue weighted by molar-refractivity contribution is 7.13. The van der Waals surface area contributed by atoms with Crippen LogP contribution in [-0.2, 0) is 11.2 Å². The van der Waals surface area contributed by atoms with Gasteiger partial charge in [-0.3, -0.25) is 4.79 Å². The van der Waals surface area contributed by atoms with Crippen LogP contribution in [0.3, 0.4) is 0 Å². The van der Waals surface area contributed by atoms with Crippen LogP contribution in [0.25, 0.3) is 0 Å². The Labute approximate surface area is 121 Å². The zero-order valence-electron chi connectivity index (χ0n) is 11.7. The average molecular weight is 295 g/mol. The van der Waals surface area contributed by atoms with Gasteiger partial charge < -0.3 is 14.6 Å². The number of nitrogens with zero attached hydrogens (tertiary/aromatic N) is 2. The summed E-state index contributed by atoms with van der Waals surface area (Å²) in [6, 6.07) is 3.40. The Morgan fingerprint density at radius 3 is 3.00 bits per heavy atom. The second-order valence-electron chi connectivity index (χ2n) is 4.40. The van der Waals surface area contributed by atoms with Crippen molar-refractivity contribution in [2.75, 3.05) is 13.7 Å². The Morgan fingerprint density at radius 1 is 1.55 bits per heavy atom. The van der Waals surface area contributed by atoms with Gasteiger partial charge in [0.25, 0.3) is 5.91 Å². The summed E-state index contributed by atoms with van der Waals surface area (Å²) in [7, 11) is 1.62. The highest BCUT2D eigenvalue weighted by atomic mass is 32.1. The maximum atomic E-state index is 12.0. The largest absolute Gasteiger partial charge is 0.384 e. The Hall–Kier alpha value is -1.73. The SMILES string of the molecule is COCCc1noc([C@H](C)NC(=O)c2ccc(C)s2)n1. The van der Waals surface area contributed by atoms with Crippen LogP contribution in [0.15, 0.2) is 16.7 Å². The number of nitrogens with one attached hydrogen (secondary N) is 1. The molecule has 1 atom stereocenters.